The van der Waals surface area contributed by atoms with E-state index in [9.17, 15) is 9.59 Å². The van der Waals surface area contributed by atoms with Crippen molar-refractivity contribution < 1.29 is 19.1 Å². The molecule has 7 heteroatoms. The van der Waals surface area contributed by atoms with E-state index >= 15 is 0 Å². The number of primary amides is 1. The van der Waals surface area contributed by atoms with Crippen LogP contribution in [0.25, 0.3) is 0 Å². The molecule has 3 N–H and O–H groups in total. The Balaban J connectivity index is 1.35. The number of carbonyl (C=O) groups is 2. The lowest BCUT2D eigenvalue weighted by Gasteiger charge is -2.16. The highest BCUT2D eigenvalue weighted by atomic mass is 16.5. The minimum absolute atomic E-state index is 0.156. The van der Waals surface area contributed by atoms with Crippen LogP contribution in [0.1, 0.15) is 29.8 Å². The second-order valence-electron chi connectivity index (χ2n) is 8.49. The van der Waals surface area contributed by atoms with Gasteiger partial charge in [0.05, 0.1) is 0 Å². The predicted molar refractivity (Wildman–Crippen MR) is 124 cm³/mol. The maximum atomic E-state index is 12.3. The number of hydrogen-bond acceptors (Lipinski definition) is 5. The molecule has 1 aliphatic rings. The van der Waals surface area contributed by atoms with Gasteiger partial charge in [-0.25, -0.2) is 0 Å². The molecule has 2 unspecified atom stereocenters. The zero-order chi connectivity index (χ0) is 22.9. The van der Waals surface area contributed by atoms with E-state index in [1.54, 1.807) is 24.3 Å². The van der Waals surface area contributed by atoms with Crippen LogP contribution in [0.2, 0.25) is 0 Å². The second-order valence-corrected chi connectivity index (χ2v) is 8.49. The first-order valence-corrected chi connectivity index (χ1v) is 11.1. The van der Waals surface area contributed by atoms with Crippen molar-refractivity contribution in [1.82, 2.24) is 10.2 Å². The molecule has 1 heterocycles. The van der Waals surface area contributed by atoms with Crippen molar-refractivity contribution in [2.75, 3.05) is 39.4 Å². The molecule has 172 valence electrons. The highest BCUT2D eigenvalue weighted by Gasteiger charge is 2.25. The van der Waals surface area contributed by atoms with Gasteiger partial charge < -0.3 is 20.5 Å². The van der Waals surface area contributed by atoms with Crippen molar-refractivity contribution in [2.24, 2.45) is 17.6 Å². The zero-order valence-electron chi connectivity index (χ0n) is 18.9. The smallest absolute Gasteiger partial charge is 0.255 e. The molecule has 7 nitrogen and oxygen atoms in total. The van der Waals surface area contributed by atoms with Gasteiger partial charge in [-0.3, -0.25) is 14.5 Å². The van der Waals surface area contributed by atoms with Gasteiger partial charge in [0.15, 0.2) is 6.61 Å². The largest absolute Gasteiger partial charge is 0.492 e. The lowest BCUT2D eigenvalue weighted by molar-refractivity contribution is -0.119. The molecule has 0 bridgehead atoms. The molecule has 2 atom stereocenters. The summed E-state index contributed by atoms with van der Waals surface area (Å²) in [5, 5.41) is 2.91. The third-order valence-corrected chi connectivity index (χ3v) is 5.86. The fourth-order valence-corrected chi connectivity index (χ4v) is 3.76. The number of nitrogens with one attached hydrogen (secondary N) is 1. The quantitative estimate of drug-likeness (QED) is 0.561. The van der Waals surface area contributed by atoms with E-state index in [1.165, 1.54) is 0 Å². The molecule has 0 saturated carbocycles. The molecule has 0 aliphatic carbocycles. The third-order valence-electron chi connectivity index (χ3n) is 5.86. The summed E-state index contributed by atoms with van der Waals surface area (Å²) in [7, 11) is 0. The molecule has 32 heavy (non-hydrogen) atoms. The van der Waals surface area contributed by atoms with Crippen LogP contribution in [-0.4, -0.2) is 56.1 Å². The van der Waals surface area contributed by atoms with Gasteiger partial charge in [-0.05, 0) is 60.2 Å². The molecule has 1 aliphatic heterocycles. The van der Waals surface area contributed by atoms with Crippen molar-refractivity contribution in [1.29, 1.82) is 0 Å². The van der Waals surface area contributed by atoms with Crippen LogP contribution in [0, 0.1) is 11.8 Å². The van der Waals surface area contributed by atoms with Gasteiger partial charge in [0.2, 0.25) is 0 Å². The van der Waals surface area contributed by atoms with E-state index in [0.717, 1.165) is 49.2 Å². The molecular formula is C25H33N3O4. The Bertz CT molecular complexity index is 873. The molecule has 3 rings (SSSR count). The minimum Gasteiger partial charge on any atom is -0.492 e. The molecule has 0 radical (unpaired) electrons. The van der Waals surface area contributed by atoms with Crippen LogP contribution in [-0.2, 0) is 11.2 Å². The van der Waals surface area contributed by atoms with Crippen LogP contribution < -0.4 is 20.5 Å². The normalized spacial score (nSPS) is 18.3. The van der Waals surface area contributed by atoms with E-state index in [1.807, 2.05) is 24.3 Å². The molecule has 0 aromatic heterocycles. The summed E-state index contributed by atoms with van der Waals surface area (Å²) in [6.07, 6.45) is 0.732. The Morgan fingerprint density at radius 2 is 1.56 bits per heavy atom. The van der Waals surface area contributed by atoms with Crippen LogP contribution in [0.5, 0.6) is 11.5 Å². The van der Waals surface area contributed by atoms with E-state index in [0.29, 0.717) is 24.5 Å². The van der Waals surface area contributed by atoms with Crippen LogP contribution in [0.3, 0.4) is 0 Å². The van der Waals surface area contributed by atoms with Crippen molar-refractivity contribution in [3.8, 4) is 11.5 Å². The summed E-state index contributed by atoms with van der Waals surface area (Å²) in [5.41, 5.74) is 6.71. The lowest BCUT2D eigenvalue weighted by Crippen LogP contribution is -2.26. The standard InChI is InChI=1S/C25H33N3O4/c1-18-15-28(16-19(18)2)13-14-31-22-7-3-20(4-8-22)11-12-27-25(30)21-5-9-23(10-6-21)32-17-24(26)29/h3-10,18-19H,11-17H2,1-2H3,(H2,26,29)(H,27,30). The number of ether oxygens (including phenoxy) is 2. The maximum absolute atomic E-state index is 12.3. The monoisotopic (exact) mass is 439 g/mol. The van der Waals surface area contributed by atoms with Crippen LogP contribution >= 0.6 is 0 Å². The summed E-state index contributed by atoms with van der Waals surface area (Å²) < 4.78 is 11.1. The Morgan fingerprint density at radius 1 is 0.969 bits per heavy atom. The first-order valence-electron chi connectivity index (χ1n) is 11.1. The number of hydrogen-bond donors (Lipinski definition) is 2. The van der Waals surface area contributed by atoms with E-state index < -0.39 is 5.91 Å². The second kappa shape index (κ2) is 11.5. The lowest BCUT2D eigenvalue weighted by atomic mass is 10.0. The summed E-state index contributed by atoms with van der Waals surface area (Å²) in [6, 6.07) is 14.6. The number of amides is 2. The first kappa shape index (κ1) is 23.6. The van der Waals surface area contributed by atoms with Gasteiger partial charge in [-0.1, -0.05) is 26.0 Å². The highest BCUT2D eigenvalue weighted by Crippen LogP contribution is 2.21. The molecule has 2 aromatic rings. The molecular weight excluding hydrogens is 406 g/mol. The SMILES string of the molecule is CC1CN(CCOc2ccc(CCNC(=O)c3ccc(OCC(N)=O)cc3)cc2)CC1C. The average Bonchev–Trinajstić information content (AvgIpc) is 3.10. The van der Waals surface area contributed by atoms with Gasteiger partial charge >= 0.3 is 0 Å². The number of benzene rings is 2. The van der Waals surface area contributed by atoms with Gasteiger partial charge in [0.25, 0.3) is 11.8 Å². The summed E-state index contributed by atoms with van der Waals surface area (Å²) >= 11 is 0. The Morgan fingerprint density at radius 3 is 2.19 bits per heavy atom. The van der Waals surface area contributed by atoms with Gasteiger partial charge in [0, 0.05) is 31.7 Å². The van der Waals surface area contributed by atoms with E-state index in [4.69, 9.17) is 15.2 Å². The minimum atomic E-state index is -0.544. The first-order chi connectivity index (χ1) is 15.4. The Kier molecular flexibility index (Phi) is 8.50. The molecule has 0 spiro atoms. The van der Waals surface area contributed by atoms with Crippen LogP contribution in [0.15, 0.2) is 48.5 Å². The molecule has 1 fully saturated rings. The van der Waals surface area contributed by atoms with Crippen molar-refractivity contribution in [3.05, 3.63) is 59.7 Å². The average molecular weight is 440 g/mol. The van der Waals surface area contributed by atoms with E-state index in [-0.39, 0.29) is 12.5 Å². The molecule has 2 aromatic carbocycles. The number of nitrogens with two attached hydrogens (primary N) is 1. The van der Waals surface area contributed by atoms with Crippen LogP contribution in [0.4, 0.5) is 0 Å². The van der Waals surface area contributed by atoms with Crippen molar-refractivity contribution >= 4 is 11.8 Å². The van der Waals surface area contributed by atoms with Gasteiger partial charge in [0.1, 0.15) is 18.1 Å². The maximum Gasteiger partial charge on any atom is 0.255 e. The number of nitrogens with zero attached hydrogens (tertiary/aromatic N) is 1. The summed E-state index contributed by atoms with van der Waals surface area (Å²) in [5.74, 6) is 2.19. The van der Waals surface area contributed by atoms with Crippen molar-refractivity contribution in [2.45, 2.75) is 20.3 Å². The summed E-state index contributed by atoms with van der Waals surface area (Å²) in [6.45, 7) is 8.93. The fourth-order valence-electron chi connectivity index (χ4n) is 3.76. The van der Waals surface area contributed by atoms with Crippen molar-refractivity contribution in [3.63, 3.8) is 0 Å². The predicted octanol–water partition coefficient (Wildman–Crippen LogP) is 2.49. The number of carbonyl (C=O) groups excluding carboxylic acids is 2. The zero-order valence-corrected chi connectivity index (χ0v) is 18.9. The Labute approximate surface area is 189 Å². The molecule has 2 amide bonds. The van der Waals surface area contributed by atoms with E-state index in [2.05, 4.69) is 24.1 Å². The van der Waals surface area contributed by atoms with Gasteiger partial charge in [-0.2, -0.15) is 0 Å². The topological polar surface area (TPSA) is 93.9 Å². The third kappa shape index (κ3) is 7.27. The Hall–Kier alpha value is -3.06. The number of likely N-dealkylation sites (tertiary alicyclic amines) is 1. The number of rotatable bonds is 11. The fraction of sp³-hybridized carbons (Fsp3) is 0.440. The molecule has 1 saturated heterocycles. The highest BCUT2D eigenvalue weighted by molar-refractivity contribution is 5.94. The van der Waals surface area contributed by atoms with Gasteiger partial charge in [-0.15, -0.1) is 0 Å². The summed E-state index contributed by atoms with van der Waals surface area (Å²) in [4.78, 5) is 25.5.